The average Bonchev–Trinajstić information content (AvgIpc) is 3.12. The third-order valence-corrected chi connectivity index (χ3v) is 2.65. The van der Waals surface area contributed by atoms with Crippen molar-refractivity contribution in [3.63, 3.8) is 0 Å². The van der Waals surface area contributed by atoms with Crippen molar-refractivity contribution in [3.8, 4) is 5.75 Å². The second-order valence-corrected chi connectivity index (χ2v) is 4.31. The van der Waals surface area contributed by atoms with Crippen molar-refractivity contribution < 1.29 is 18.8 Å². The van der Waals surface area contributed by atoms with Crippen LogP contribution in [0.3, 0.4) is 0 Å². The third-order valence-electron chi connectivity index (χ3n) is 2.65. The van der Waals surface area contributed by atoms with Crippen LogP contribution in [0.2, 0.25) is 0 Å². The molecule has 0 unspecified atom stereocenters. The molecule has 6 nitrogen and oxygen atoms in total. The summed E-state index contributed by atoms with van der Waals surface area (Å²) in [6.45, 7) is -0.0250. The van der Waals surface area contributed by atoms with Crippen molar-refractivity contribution in [2.45, 2.75) is 25.3 Å². The molecule has 0 radical (unpaired) electrons. The Morgan fingerprint density at radius 3 is 2.89 bits per heavy atom. The van der Waals surface area contributed by atoms with Gasteiger partial charge in [-0.2, -0.15) is 0 Å². The maximum atomic E-state index is 13.0. The number of carbonyl (C=O) groups is 1. The van der Waals surface area contributed by atoms with E-state index < -0.39 is 10.7 Å². The molecule has 1 aliphatic rings. The Labute approximate surface area is 108 Å². The number of hydrogen-bond donors (Lipinski definition) is 1. The van der Waals surface area contributed by atoms with Crippen LogP contribution in [0.5, 0.6) is 5.75 Å². The average molecular weight is 268 g/mol. The first-order chi connectivity index (χ1) is 9.06. The smallest absolute Gasteiger partial charge is 0.311 e. The van der Waals surface area contributed by atoms with Crippen molar-refractivity contribution in [2.75, 3.05) is 6.61 Å². The fourth-order valence-electron chi connectivity index (χ4n) is 1.54. The molecule has 0 spiro atoms. The highest BCUT2D eigenvalue weighted by atomic mass is 19.1. The molecule has 102 valence electrons. The molecule has 1 fully saturated rings. The fourth-order valence-corrected chi connectivity index (χ4v) is 1.54. The zero-order valence-corrected chi connectivity index (χ0v) is 10.1. The van der Waals surface area contributed by atoms with Crippen LogP contribution in [0, 0.1) is 15.9 Å². The van der Waals surface area contributed by atoms with Gasteiger partial charge in [-0.15, -0.1) is 0 Å². The van der Waals surface area contributed by atoms with Crippen LogP contribution in [0.15, 0.2) is 18.2 Å². The van der Waals surface area contributed by atoms with E-state index in [2.05, 4.69) is 5.32 Å². The normalized spacial score (nSPS) is 13.9. The highest BCUT2D eigenvalue weighted by molar-refractivity contribution is 5.76. The highest BCUT2D eigenvalue weighted by Crippen LogP contribution is 2.27. The first-order valence-electron chi connectivity index (χ1n) is 5.92. The second-order valence-electron chi connectivity index (χ2n) is 4.31. The van der Waals surface area contributed by atoms with Crippen molar-refractivity contribution in [3.05, 3.63) is 34.1 Å². The van der Waals surface area contributed by atoms with Gasteiger partial charge in [-0.05, 0) is 18.9 Å². The lowest BCUT2D eigenvalue weighted by atomic mass is 10.3. The third kappa shape index (κ3) is 3.90. The number of nitrogens with one attached hydrogen (secondary N) is 1. The maximum absolute atomic E-state index is 13.0. The minimum absolute atomic E-state index is 0.0250. The van der Waals surface area contributed by atoms with Crippen molar-refractivity contribution in [1.82, 2.24) is 5.32 Å². The molecule has 1 aromatic rings. The molecule has 0 atom stereocenters. The number of rotatable bonds is 6. The van der Waals surface area contributed by atoms with E-state index in [0.717, 1.165) is 31.0 Å². The van der Waals surface area contributed by atoms with Crippen molar-refractivity contribution in [1.29, 1.82) is 0 Å². The molecule has 0 saturated heterocycles. The topological polar surface area (TPSA) is 81.5 Å². The number of amides is 1. The van der Waals surface area contributed by atoms with Gasteiger partial charge in [-0.3, -0.25) is 14.9 Å². The summed E-state index contributed by atoms with van der Waals surface area (Å²) >= 11 is 0. The van der Waals surface area contributed by atoms with Gasteiger partial charge >= 0.3 is 5.69 Å². The van der Waals surface area contributed by atoms with E-state index in [-0.39, 0.29) is 36.4 Å². The number of nitro groups is 1. The van der Waals surface area contributed by atoms with E-state index in [9.17, 15) is 19.3 Å². The number of hydrogen-bond acceptors (Lipinski definition) is 4. The Hall–Kier alpha value is -2.18. The first kappa shape index (κ1) is 13.3. The summed E-state index contributed by atoms with van der Waals surface area (Å²) in [4.78, 5) is 21.4. The number of nitrogens with zero attached hydrogens (tertiary/aromatic N) is 1. The van der Waals surface area contributed by atoms with E-state index in [4.69, 9.17) is 4.74 Å². The number of nitro benzene ring substituents is 1. The van der Waals surface area contributed by atoms with Gasteiger partial charge in [-0.1, -0.05) is 0 Å². The minimum atomic E-state index is -0.654. The van der Waals surface area contributed by atoms with E-state index in [0.29, 0.717) is 0 Å². The van der Waals surface area contributed by atoms with Crippen LogP contribution in [-0.2, 0) is 4.79 Å². The summed E-state index contributed by atoms with van der Waals surface area (Å²) in [6, 6.07) is 3.23. The summed E-state index contributed by atoms with van der Waals surface area (Å²) in [5, 5.41) is 13.5. The Kier molecular flexibility index (Phi) is 3.94. The minimum Gasteiger partial charge on any atom is -0.486 e. The monoisotopic (exact) mass is 268 g/mol. The number of carbonyl (C=O) groups excluding carboxylic acids is 1. The second kappa shape index (κ2) is 5.64. The lowest BCUT2D eigenvalue weighted by Crippen LogP contribution is -2.26. The van der Waals surface area contributed by atoms with E-state index >= 15 is 0 Å². The van der Waals surface area contributed by atoms with Gasteiger partial charge in [0.1, 0.15) is 5.82 Å². The first-order valence-corrected chi connectivity index (χ1v) is 5.92. The van der Waals surface area contributed by atoms with Crippen LogP contribution in [0.25, 0.3) is 0 Å². The molecule has 0 aromatic heterocycles. The molecule has 19 heavy (non-hydrogen) atoms. The van der Waals surface area contributed by atoms with Crippen LogP contribution in [0.1, 0.15) is 19.3 Å². The highest BCUT2D eigenvalue weighted by Gasteiger charge is 2.23. The van der Waals surface area contributed by atoms with Gasteiger partial charge in [0.05, 0.1) is 18.0 Å². The molecule has 7 heteroatoms. The Balaban J connectivity index is 1.88. The number of benzene rings is 1. The quantitative estimate of drug-likeness (QED) is 0.629. The molecular formula is C12H13FN2O4. The summed E-state index contributed by atoms with van der Waals surface area (Å²) in [7, 11) is 0. The van der Waals surface area contributed by atoms with E-state index in [1.165, 1.54) is 0 Å². The molecule has 2 rings (SSSR count). The molecule has 1 aliphatic carbocycles. The van der Waals surface area contributed by atoms with Crippen molar-refractivity contribution in [2.24, 2.45) is 0 Å². The maximum Gasteiger partial charge on any atom is 0.311 e. The SMILES string of the molecule is O=C(CCOc1cc(F)ccc1[N+](=O)[O-])NC1CC1. The molecule has 1 amide bonds. The Morgan fingerprint density at radius 2 is 2.26 bits per heavy atom. The van der Waals surface area contributed by atoms with E-state index in [1.807, 2.05) is 0 Å². The fraction of sp³-hybridized carbons (Fsp3) is 0.417. The van der Waals surface area contributed by atoms with Crippen molar-refractivity contribution >= 4 is 11.6 Å². The van der Waals surface area contributed by atoms with E-state index in [1.54, 1.807) is 0 Å². The van der Waals surface area contributed by atoms with Gasteiger partial charge in [0.25, 0.3) is 0 Å². The van der Waals surface area contributed by atoms with Gasteiger partial charge in [0, 0.05) is 18.2 Å². The van der Waals surface area contributed by atoms with Crippen LogP contribution in [0.4, 0.5) is 10.1 Å². The summed E-state index contributed by atoms with van der Waals surface area (Å²) < 4.78 is 18.1. The van der Waals surface area contributed by atoms with Crippen LogP contribution in [-0.4, -0.2) is 23.5 Å². The lowest BCUT2D eigenvalue weighted by molar-refractivity contribution is -0.385. The summed E-state index contributed by atoms with van der Waals surface area (Å²) in [6.07, 6.45) is 2.06. The summed E-state index contributed by atoms with van der Waals surface area (Å²) in [5.41, 5.74) is -0.316. The number of halogens is 1. The van der Waals surface area contributed by atoms with Gasteiger partial charge in [-0.25, -0.2) is 4.39 Å². The molecule has 0 aliphatic heterocycles. The van der Waals surface area contributed by atoms with Gasteiger partial charge in [0.2, 0.25) is 5.91 Å². The zero-order chi connectivity index (χ0) is 13.8. The summed E-state index contributed by atoms with van der Waals surface area (Å²) in [5.74, 6) is -0.950. The molecule has 0 bridgehead atoms. The number of ether oxygens (including phenoxy) is 1. The molecule has 1 saturated carbocycles. The predicted octanol–water partition coefficient (Wildman–Crippen LogP) is 1.78. The molecule has 1 aromatic carbocycles. The lowest BCUT2D eigenvalue weighted by Gasteiger charge is -2.07. The Bertz CT molecular complexity index is 503. The predicted molar refractivity (Wildman–Crippen MR) is 64.3 cm³/mol. The largest absolute Gasteiger partial charge is 0.486 e. The zero-order valence-electron chi connectivity index (χ0n) is 10.1. The van der Waals surface area contributed by atoms with Gasteiger partial charge in [0.15, 0.2) is 5.75 Å². The molecule has 0 heterocycles. The van der Waals surface area contributed by atoms with Crippen LogP contribution >= 0.6 is 0 Å². The standard InChI is InChI=1S/C12H13FN2O4/c13-8-1-4-10(15(17)18)11(7-8)19-6-5-12(16)14-9-2-3-9/h1,4,7,9H,2-3,5-6H2,(H,14,16). The van der Waals surface area contributed by atoms with Gasteiger partial charge < -0.3 is 10.1 Å². The molecule has 1 N–H and O–H groups in total. The Morgan fingerprint density at radius 1 is 1.53 bits per heavy atom. The molecular weight excluding hydrogens is 255 g/mol. The van der Waals surface area contributed by atoms with Crippen LogP contribution < -0.4 is 10.1 Å².